The molecule has 0 bridgehead atoms. The van der Waals surface area contributed by atoms with Crippen LogP contribution in [-0.4, -0.2) is 11.4 Å². The second-order valence-electron chi connectivity index (χ2n) is 5.58. The first-order valence-corrected chi connectivity index (χ1v) is 6.97. The first-order chi connectivity index (χ1) is 9.42. The molecule has 110 valence electrons. The van der Waals surface area contributed by atoms with Crippen LogP contribution in [0.5, 0.6) is 0 Å². The highest BCUT2D eigenvalue weighted by atomic mass is 19.1. The fourth-order valence-electron chi connectivity index (χ4n) is 2.68. The van der Waals surface area contributed by atoms with Crippen molar-refractivity contribution in [2.75, 3.05) is 0 Å². The van der Waals surface area contributed by atoms with Crippen molar-refractivity contribution in [2.45, 2.75) is 50.6 Å². The Kier molecular flexibility index (Phi) is 4.38. The topological polar surface area (TPSA) is 55.1 Å². The normalized spacial score (nSPS) is 19.4. The molecule has 0 saturated heterocycles. The van der Waals surface area contributed by atoms with E-state index < -0.39 is 23.2 Å². The first-order valence-electron chi connectivity index (χ1n) is 6.97. The number of carbonyl (C=O) groups is 1. The summed E-state index contributed by atoms with van der Waals surface area (Å²) in [5.41, 5.74) is 5.53. The Morgan fingerprint density at radius 1 is 1.30 bits per heavy atom. The minimum Gasteiger partial charge on any atom is -0.348 e. The van der Waals surface area contributed by atoms with Gasteiger partial charge in [-0.1, -0.05) is 25.3 Å². The molecule has 20 heavy (non-hydrogen) atoms. The van der Waals surface area contributed by atoms with Crippen molar-refractivity contribution in [3.8, 4) is 0 Å². The Balaban J connectivity index is 2.07. The van der Waals surface area contributed by atoms with E-state index in [1.54, 1.807) is 6.92 Å². The monoisotopic (exact) mass is 282 g/mol. The molecule has 0 heterocycles. The lowest BCUT2D eigenvalue weighted by atomic mass is 9.81. The molecule has 1 aliphatic rings. The van der Waals surface area contributed by atoms with Crippen LogP contribution in [0.4, 0.5) is 8.78 Å². The predicted octanol–water partition coefficient (Wildman–Crippen LogP) is 2.80. The molecule has 1 aliphatic carbocycles. The zero-order chi connectivity index (χ0) is 14.8. The third kappa shape index (κ3) is 3.15. The molecule has 1 atom stereocenters. The van der Waals surface area contributed by atoms with Crippen molar-refractivity contribution in [3.63, 3.8) is 0 Å². The van der Waals surface area contributed by atoms with Crippen molar-refractivity contribution in [3.05, 3.63) is 35.4 Å². The fraction of sp³-hybridized carbons (Fsp3) is 0.533. The van der Waals surface area contributed by atoms with Gasteiger partial charge in [-0.25, -0.2) is 8.78 Å². The summed E-state index contributed by atoms with van der Waals surface area (Å²) in [5.74, 6) is -1.55. The number of halogens is 2. The number of amides is 1. The van der Waals surface area contributed by atoms with Gasteiger partial charge in [-0.05, 0) is 25.8 Å². The van der Waals surface area contributed by atoms with Crippen LogP contribution in [0.1, 0.15) is 50.6 Å². The average molecular weight is 282 g/mol. The number of hydrogen-bond acceptors (Lipinski definition) is 2. The molecule has 0 aliphatic heterocycles. The highest BCUT2D eigenvalue weighted by molar-refractivity contribution is 5.86. The maximum atomic E-state index is 13.7. The molecule has 2 rings (SSSR count). The number of nitrogens with one attached hydrogen (secondary N) is 1. The molecule has 1 fully saturated rings. The molecule has 0 spiro atoms. The van der Waals surface area contributed by atoms with Crippen LogP contribution in [-0.2, 0) is 4.79 Å². The zero-order valence-corrected chi connectivity index (χ0v) is 11.6. The van der Waals surface area contributed by atoms with Gasteiger partial charge >= 0.3 is 0 Å². The van der Waals surface area contributed by atoms with E-state index in [2.05, 4.69) is 5.32 Å². The van der Waals surface area contributed by atoms with Crippen LogP contribution in [0.2, 0.25) is 0 Å². The van der Waals surface area contributed by atoms with E-state index in [0.717, 1.165) is 25.3 Å². The highest BCUT2D eigenvalue weighted by Gasteiger charge is 2.36. The quantitative estimate of drug-likeness (QED) is 0.895. The van der Waals surface area contributed by atoms with E-state index in [4.69, 9.17) is 5.73 Å². The molecular weight excluding hydrogens is 262 g/mol. The Labute approximate surface area is 117 Å². The maximum absolute atomic E-state index is 13.7. The summed E-state index contributed by atoms with van der Waals surface area (Å²) in [6.07, 6.45) is 4.26. The minimum atomic E-state index is -0.858. The van der Waals surface area contributed by atoms with Crippen molar-refractivity contribution in [1.29, 1.82) is 0 Å². The van der Waals surface area contributed by atoms with Gasteiger partial charge in [0.25, 0.3) is 0 Å². The Hall–Kier alpha value is -1.49. The van der Waals surface area contributed by atoms with Crippen LogP contribution in [0.25, 0.3) is 0 Å². The number of hydrogen-bond donors (Lipinski definition) is 2. The van der Waals surface area contributed by atoms with Gasteiger partial charge in [-0.2, -0.15) is 0 Å². The van der Waals surface area contributed by atoms with Gasteiger partial charge in [0.2, 0.25) is 5.91 Å². The number of carbonyl (C=O) groups excluding carboxylic acids is 1. The molecule has 0 aromatic heterocycles. The number of rotatable bonds is 3. The predicted molar refractivity (Wildman–Crippen MR) is 72.9 cm³/mol. The van der Waals surface area contributed by atoms with Crippen LogP contribution < -0.4 is 11.1 Å². The van der Waals surface area contributed by atoms with Crippen molar-refractivity contribution in [1.82, 2.24) is 5.32 Å². The summed E-state index contributed by atoms with van der Waals surface area (Å²) in [4.78, 5) is 12.2. The maximum Gasteiger partial charge on any atom is 0.240 e. The summed E-state index contributed by atoms with van der Waals surface area (Å²) < 4.78 is 26.5. The highest BCUT2D eigenvalue weighted by Crippen LogP contribution is 2.27. The standard InChI is InChI=1S/C15H20F2N2O/c1-10(12-6-5-11(16)9-13(12)17)19-14(20)15(18)7-3-2-4-8-15/h5-6,9-10H,2-4,7-8,18H2,1H3,(H,19,20). The van der Waals surface area contributed by atoms with Gasteiger partial charge in [-0.3, -0.25) is 4.79 Å². The van der Waals surface area contributed by atoms with Gasteiger partial charge in [0.15, 0.2) is 0 Å². The second-order valence-corrected chi connectivity index (χ2v) is 5.58. The van der Waals surface area contributed by atoms with Gasteiger partial charge in [-0.15, -0.1) is 0 Å². The van der Waals surface area contributed by atoms with Gasteiger partial charge in [0.05, 0.1) is 11.6 Å². The lowest BCUT2D eigenvalue weighted by Crippen LogP contribution is -2.55. The first kappa shape index (κ1) is 14.9. The van der Waals surface area contributed by atoms with E-state index in [1.165, 1.54) is 12.1 Å². The molecule has 1 saturated carbocycles. The van der Waals surface area contributed by atoms with E-state index in [9.17, 15) is 13.6 Å². The average Bonchev–Trinajstić information content (AvgIpc) is 2.39. The van der Waals surface area contributed by atoms with Crippen LogP contribution in [0, 0.1) is 11.6 Å². The molecular formula is C15H20F2N2O. The largest absolute Gasteiger partial charge is 0.348 e. The lowest BCUT2D eigenvalue weighted by Gasteiger charge is -2.33. The Morgan fingerprint density at radius 3 is 2.55 bits per heavy atom. The molecule has 1 aromatic rings. The number of nitrogens with two attached hydrogens (primary N) is 1. The van der Waals surface area contributed by atoms with E-state index in [1.807, 2.05) is 0 Å². The molecule has 5 heteroatoms. The van der Waals surface area contributed by atoms with Gasteiger partial charge in [0.1, 0.15) is 11.6 Å². The van der Waals surface area contributed by atoms with Crippen molar-refractivity contribution in [2.24, 2.45) is 5.73 Å². The summed E-state index contributed by atoms with van der Waals surface area (Å²) >= 11 is 0. The fourth-order valence-corrected chi connectivity index (χ4v) is 2.68. The van der Waals surface area contributed by atoms with E-state index >= 15 is 0 Å². The molecule has 0 radical (unpaired) electrons. The summed E-state index contributed by atoms with van der Waals surface area (Å²) in [6, 6.07) is 2.81. The second kappa shape index (κ2) is 5.87. The van der Waals surface area contributed by atoms with Crippen LogP contribution in [0.3, 0.4) is 0 Å². The number of benzene rings is 1. The van der Waals surface area contributed by atoms with E-state index in [0.29, 0.717) is 12.8 Å². The van der Waals surface area contributed by atoms with Crippen molar-refractivity contribution < 1.29 is 13.6 Å². The Morgan fingerprint density at radius 2 is 1.95 bits per heavy atom. The summed E-state index contributed by atoms with van der Waals surface area (Å²) in [6.45, 7) is 1.67. The van der Waals surface area contributed by atoms with Gasteiger partial charge < -0.3 is 11.1 Å². The van der Waals surface area contributed by atoms with Gasteiger partial charge in [0, 0.05) is 11.6 Å². The molecule has 1 unspecified atom stereocenters. The summed E-state index contributed by atoms with van der Waals surface area (Å²) in [7, 11) is 0. The minimum absolute atomic E-state index is 0.256. The van der Waals surface area contributed by atoms with E-state index in [-0.39, 0.29) is 11.5 Å². The molecule has 3 N–H and O–H groups in total. The van der Waals surface area contributed by atoms with Crippen LogP contribution >= 0.6 is 0 Å². The molecule has 1 aromatic carbocycles. The molecule has 3 nitrogen and oxygen atoms in total. The van der Waals surface area contributed by atoms with Crippen molar-refractivity contribution >= 4 is 5.91 Å². The van der Waals surface area contributed by atoms with Crippen LogP contribution in [0.15, 0.2) is 18.2 Å². The third-order valence-electron chi connectivity index (χ3n) is 3.97. The summed E-state index contributed by atoms with van der Waals surface area (Å²) in [5, 5.41) is 2.74. The third-order valence-corrected chi connectivity index (χ3v) is 3.97. The zero-order valence-electron chi connectivity index (χ0n) is 11.6. The smallest absolute Gasteiger partial charge is 0.240 e. The molecule has 1 amide bonds. The lowest BCUT2D eigenvalue weighted by molar-refractivity contribution is -0.128. The Bertz CT molecular complexity index is 499. The SMILES string of the molecule is CC(NC(=O)C1(N)CCCCC1)c1ccc(F)cc1F.